The van der Waals surface area contributed by atoms with Crippen LogP contribution in [-0.4, -0.2) is 30.1 Å². The van der Waals surface area contributed by atoms with E-state index in [4.69, 9.17) is 14.5 Å². The van der Waals surface area contributed by atoms with Crippen LogP contribution in [-0.2, 0) is 17.6 Å². The first-order valence-electron chi connectivity index (χ1n) is 13.1. The standard InChI is InChI=1S/C31H29N3O4S/c1-18(2)23-6-4-5-7-24(23)30(36)34-13-12-21-16-22(9-10-25(21)34)29-19(3)39-31(33-29)32-28(35)15-20-8-11-26-27(14-20)38-17-37-26/h4-11,14,16,18H,12-13,15,17H2,1-3H3,(H,32,33,35). The van der Waals surface area contributed by atoms with Crippen LogP contribution in [0, 0.1) is 6.92 Å². The Kier molecular flexibility index (Phi) is 6.56. The van der Waals surface area contributed by atoms with Crippen LogP contribution in [0.5, 0.6) is 11.5 Å². The van der Waals surface area contributed by atoms with E-state index >= 15 is 0 Å². The summed E-state index contributed by atoms with van der Waals surface area (Å²) >= 11 is 1.46. The van der Waals surface area contributed by atoms with Crippen molar-refractivity contribution < 1.29 is 19.1 Å². The fraction of sp³-hybridized carbons (Fsp3) is 0.258. The molecule has 0 aliphatic carbocycles. The van der Waals surface area contributed by atoms with Gasteiger partial charge < -0.3 is 19.7 Å². The van der Waals surface area contributed by atoms with Gasteiger partial charge in [-0.25, -0.2) is 4.98 Å². The Morgan fingerprint density at radius 1 is 1.05 bits per heavy atom. The number of anilines is 2. The van der Waals surface area contributed by atoms with Crippen molar-refractivity contribution >= 4 is 34.0 Å². The van der Waals surface area contributed by atoms with Crippen LogP contribution in [0.4, 0.5) is 10.8 Å². The fourth-order valence-corrected chi connectivity index (χ4v) is 6.07. The molecule has 3 aromatic carbocycles. The molecule has 1 N–H and O–H groups in total. The molecule has 1 aromatic heterocycles. The summed E-state index contributed by atoms with van der Waals surface area (Å²) in [7, 11) is 0. The van der Waals surface area contributed by atoms with E-state index in [1.165, 1.54) is 11.3 Å². The number of ether oxygens (including phenoxy) is 2. The molecule has 2 aliphatic rings. The normalized spacial score (nSPS) is 13.6. The summed E-state index contributed by atoms with van der Waals surface area (Å²) in [5, 5.41) is 3.51. The van der Waals surface area contributed by atoms with Gasteiger partial charge in [0.05, 0.1) is 12.1 Å². The van der Waals surface area contributed by atoms with Crippen LogP contribution in [0.25, 0.3) is 11.3 Å². The number of nitrogens with one attached hydrogen (secondary N) is 1. The summed E-state index contributed by atoms with van der Waals surface area (Å²) in [5.41, 5.74) is 6.58. The third-order valence-corrected chi connectivity index (χ3v) is 8.04. The van der Waals surface area contributed by atoms with Crippen molar-refractivity contribution in [2.75, 3.05) is 23.6 Å². The molecule has 0 spiro atoms. The number of aromatic nitrogens is 1. The summed E-state index contributed by atoms with van der Waals surface area (Å²) in [6.45, 7) is 7.09. The Balaban J connectivity index is 1.18. The van der Waals surface area contributed by atoms with Gasteiger partial charge in [-0.1, -0.05) is 44.2 Å². The summed E-state index contributed by atoms with van der Waals surface area (Å²) in [6, 6.07) is 19.5. The lowest BCUT2D eigenvalue weighted by Gasteiger charge is -2.20. The molecule has 0 bridgehead atoms. The van der Waals surface area contributed by atoms with Gasteiger partial charge in [-0.15, -0.1) is 11.3 Å². The summed E-state index contributed by atoms with van der Waals surface area (Å²) in [6.07, 6.45) is 1.01. The molecular formula is C31H29N3O4S. The predicted octanol–water partition coefficient (Wildman–Crippen LogP) is 6.35. The Morgan fingerprint density at radius 2 is 1.87 bits per heavy atom. The molecule has 8 heteroatoms. The van der Waals surface area contributed by atoms with Crippen LogP contribution in [0.15, 0.2) is 60.7 Å². The number of nitrogens with zero attached hydrogens (tertiary/aromatic N) is 2. The van der Waals surface area contributed by atoms with E-state index in [-0.39, 0.29) is 30.9 Å². The van der Waals surface area contributed by atoms with E-state index in [0.29, 0.717) is 23.2 Å². The zero-order chi connectivity index (χ0) is 27.1. The molecule has 0 fully saturated rings. The smallest absolute Gasteiger partial charge is 0.258 e. The highest BCUT2D eigenvalue weighted by atomic mass is 32.1. The Morgan fingerprint density at radius 3 is 2.72 bits per heavy atom. The maximum atomic E-state index is 13.5. The largest absolute Gasteiger partial charge is 0.454 e. The lowest BCUT2D eigenvalue weighted by atomic mass is 9.96. The Hall–Kier alpha value is -4.17. The lowest BCUT2D eigenvalue weighted by Crippen LogP contribution is -2.29. The molecule has 198 valence electrons. The van der Waals surface area contributed by atoms with Crippen LogP contribution in [0.2, 0.25) is 0 Å². The number of carbonyl (C=O) groups excluding carboxylic acids is 2. The summed E-state index contributed by atoms with van der Waals surface area (Å²) in [5.74, 6) is 1.53. The highest BCUT2D eigenvalue weighted by Crippen LogP contribution is 2.37. The first-order chi connectivity index (χ1) is 18.9. The topological polar surface area (TPSA) is 80.8 Å². The molecule has 0 saturated carbocycles. The number of amides is 2. The number of benzene rings is 3. The van der Waals surface area contributed by atoms with E-state index in [2.05, 4.69) is 25.2 Å². The van der Waals surface area contributed by atoms with E-state index in [1.807, 2.05) is 66.4 Å². The van der Waals surface area contributed by atoms with Crippen LogP contribution in [0.1, 0.15) is 51.7 Å². The minimum Gasteiger partial charge on any atom is -0.454 e. The van der Waals surface area contributed by atoms with Gasteiger partial charge in [-0.05, 0) is 66.3 Å². The second kappa shape index (κ2) is 10.2. The minimum atomic E-state index is -0.140. The fourth-order valence-electron chi connectivity index (χ4n) is 5.22. The second-order valence-electron chi connectivity index (χ2n) is 10.1. The molecule has 0 unspecified atom stereocenters. The molecule has 6 rings (SSSR count). The van der Waals surface area contributed by atoms with Crippen LogP contribution in [0.3, 0.4) is 0 Å². The number of fused-ring (bicyclic) bond motifs is 2. The molecule has 2 amide bonds. The van der Waals surface area contributed by atoms with Crippen molar-refractivity contribution in [3.05, 3.63) is 87.8 Å². The third kappa shape index (κ3) is 4.88. The molecule has 3 heterocycles. The highest BCUT2D eigenvalue weighted by molar-refractivity contribution is 7.16. The van der Waals surface area contributed by atoms with Gasteiger partial charge in [0.1, 0.15) is 0 Å². The van der Waals surface area contributed by atoms with Gasteiger partial charge in [-0.3, -0.25) is 9.59 Å². The first-order valence-corrected chi connectivity index (χ1v) is 13.9. The average Bonchev–Trinajstić information content (AvgIpc) is 3.65. The number of aryl methyl sites for hydroxylation is 1. The minimum absolute atomic E-state index is 0.0445. The lowest BCUT2D eigenvalue weighted by molar-refractivity contribution is -0.115. The van der Waals surface area contributed by atoms with E-state index in [9.17, 15) is 9.59 Å². The summed E-state index contributed by atoms with van der Waals surface area (Å²) in [4.78, 5) is 33.9. The van der Waals surface area contributed by atoms with Gasteiger partial charge in [0.25, 0.3) is 5.91 Å². The maximum Gasteiger partial charge on any atom is 0.258 e. The van der Waals surface area contributed by atoms with Crippen LogP contribution >= 0.6 is 11.3 Å². The molecule has 7 nitrogen and oxygen atoms in total. The van der Waals surface area contributed by atoms with E-state index in [0.717, 1.165) is 50.5 Å². The predicted molar refractivity (Wildman–Crippen MR) is 153 cm³/mol. The highest BCUT2D eigenvalue weighted by Gasteiger charge is 2.28. The van der Waals surface area contributed by atoms with Gasteiger partial charge in [0.15, 0.2) is 16.6 Å². The number of thiazole rings is 1. The Labute approximate surface area is 231 Å². The van der Waals surface area contributed by atoms with Crippen molar-refractivity contribution in [3.63, 3.8) is 0 Å². The monoisotopic (exact) mass is 539 g/mol. The third-order valence-electron chi connectivity index (χ3n) is 7.15. The van der Waals surface area contributed by atoms with Crippen molar-refractivity contribution in [1.29, 1.82) is 0 Å². The molecule has 0 radical (unpaired) electrons. The van der Waals surface area contributed by atoms with Crippen molar-refractivity contribution in [3.8, 4) is 22.8 Å². The average molecular weight is 540 g/mol. The number of hydrogen-bond acceptors (Lipinski definition) is 6. The molecule has 0 atom stereocenters. The zero-order valence-corrected chi connectivity index (χ0v) is 22.9. The zero-order valence-electron chi connectivity index (χ0n) is 22.1. The number of carbonyl (C=O) groups is 2. The maximum absolute atomic E-state index is 13.5. The van der Waals surface area contributed by atoms with Crippen molar-refractivity contribution in [2.24, 2.45) is 0 Å². The van der Waals surface area contributed by atoms with E-state index < -0.39 is 0 Å². The Bertz CT molecular complexity index is 1590. The van der Waals surface area contributed by atoms with Crippen LogP contribution < -0.4 is 19.7 Å². The molecule has 0 saturated heterocycles. The molecule has 2 aliphatic heterocycles. The van der Waals surface area contributed by atoms with Crippen molar-refractivity contribution in [1.82, 2.24) is 4.98 Å². The number of hydrogen-bond donors (Lipinski definition) is 1. The second-order valence-corrected chi connectivity index (χ2v) is 11.3. The molecular weight excluding hydrogens is 510 g/mol. The van der Waals surface area contributed by atoms with Crippen molar-refractivity contribution in [2.45, 2.75) is 39.5 Å². The first kappa shape index (κ1) is 25.1. The van der Waals surface area contributed by atoms with Gasteiger partial charge in [0, 0.05) is 28.2 Å². The van der Waals surface area contributed by atoms with Gasteiger partial charge >= 0.3 is 0 Å². The number of rotatable bonds is 6. The molecule has 39 heavy (non-hydrogen) atoms. The van der Waals surface area contributed by atoms with Gasteiger partial charge in [-0.2, -0.15) is 0 Å². The SMILES string of the molecule is Cc1sc(NC(=O)Cc2ccc3c(c2)OCO3)nc1-c1ccc2c(c1)CCN2C(=O)c1ccccc1C(C)C. The van der Waals surface area contributed by atoms with E-state index in [1.54, 1.807) is 0 Å². The summed E-state index contributed by atoms with van der Waals surface area (Å²) < 4.78 is 10.7. The molecule has 4 aromatic rings. The quantitative estimate of drug-likeness (QED) is 0.309. The van der Waals surface area contributed by atoms with Gasteiger partial charge in [0.2, 0.25) is 12.7 Å².